The number of hydrogen-bond acceptors (Lipinski definition) is 2. The van der Waals surface area contributed by atoms with Gasteiger partial charge in [-0.15, -0.1) is 11.6 Å². The van der Waals surface area contributed by atoms with Crippen molar-refractivity contribution in [2.24, 2.45) is 0 Å². The number of carbonyl (C=O) groups is 1. The number of aliphatic carboxylic acids is 1. The predicted octanol–water partition coefficient (Wildman–Crippen LogP) is 3.27. The molecule has 5 heteroatoms. The number of hydrogen-bond donors (Lipinski definition) is 1. The first-order valence-electron chi connectivity index (χ1n) is 4.28. The smallest absolute Gasteiger partial charge is 0.322 e. The fourth-order valence-electron chi connectivity index (χ4n) is 0.932. The van der Waals surface area contributed by atoms with E-state index in [0.29, 0.717) is 10.8 Å². The Morgan fingerprint density at radius 1 is 1.40 bits per heavy atom. The van der Waals surface area contributed by atoms with Gasteiger partial charge in [-0.05, 0) is 17.7 Å². The summed E-state index contributed by atoms with van der Waals surface area (Å²) in [5.74, 6) is 0.174. The zero-order chi connectivity index (χ0) is 11.3. The van der Waals surface area contributed by atoms with Crippen LogP contribution in [0.15, 0.2) is 24.3 Å². The molecule has 0 aromatic heterocycles. The van der Waals surface area contributed by atoms with Gasteiger partial charge >= 0.3 is 5.97 Å². The molecule has 2 nitrogen and oxygen atoms in total. The zero-order valence-corrected chi connectivity index (χ0v) is 10.1. The molecular formula is C10H10Cl2O2S. The highest BCUT2D eigenvalue weighted by Crippen LogP contribution is 2.17. The minimum atomic E-state index is -0.972. The Hall–Kier alpha value is -0.380. The summed E-state index contributed by atoms with van der Waals surface area (Å²) >= 11 is 12.8. The van der Waals surface area contributed by atoms with E-state index in [9.17, 15) is 4.79 Å². The van der Waals surface area contributed by atoms with Crippen LogP contribution in [0.4, 0.5) is 0 Å². The molecule has 0 bridgehead atoms. The van der Waals surface area contributed by atoms with E-state index in [1.54, 1.807) is 0 Å². The number of rotatable bonds is 5. The lowest BCUT2D eigenvalue weighted by molar-refractivity contribution is -0.136. The first-order valence-corrected chi connectivity index (χ1v) is 6.25. The highest BCUT2D eigenvalue weighted by atomic mass is 35.5. The zero-order valence-electron chi connectivity index (χ0n) is 7.82. The molecule has 1 unspecified atom stereocenters. The highest BCUT2D eigenvalue weighted by Gasteiger charge is 2.12. The van der Waals surface area contributed by atoms with Crippen LogP contribution in [-0.2, 0) is 10.5 Å². The number of carboxylic acid groups (broad SMARTS) is 1. The number of benzene rings is 1. The van der Waals surface area contributed by atoms with Gasteiger partial charge in [-0.2, -0.15) is 11.8 Å². The lowest BCUT2D eigenvalue weighted by Crippen LogP contribution is -2.15. The summed E-state index contributed by atoms with van der Waals surface area (Å²) in [5.41, 5.74) is 1.11. The van der Waals surface area contributed by atoms with E-state index >= 15 is 0 Å². The van der Waals surface area contributed by atoms with Gasteiger partial charge in [0.2, 0.25) is 0 Å². The Bertz CT molecular complexity index is 327. The van der Waals surface area contributed by atoms with E-state index in [1.165, 1.54) is 11.8 Å². The summed E-state index contributed by atoms with van der Waals surface area (Å²) in [6, 6.07) is 7.46. The topological polar surface area (TPSA) is 37.3 Å². The summed E-state index contributed by atoms with van der Waals surface area (Å²) in [7, 11) is 0. The maximum absolute atomic E-state index is 10.4. The molecule has 0 saturated heterocycles. The van der Waals surface area contributed by atoms with Gasteiger partial charge < -0.3 is 5.11 Å². The highest BCUT2D eigenvalue weighted by molar-refractivity contribution is 7.98. The van der Waals surface area contributed by atoms with E-state index in [0.717, 1.165) is 11.3 Å². The van der Waals surface area contributed by atoms with Crippen molar-refractivity contribution in [2.75, 3.05) is 5.75 Å². The molecule has 0 heterocycles. The Kier molecular flexibility index (Phi) is 5.29. The maximum atomic E-state index is 10.4. The van der Waals surface area contributed by atoms with Crippen molar-refractivity contribution in [1.82, 2.24) is 0 Å². The lowest BCUT2D eigenvalue weighted by atomic mass is 10.2. The molecule has 0 saturated carbocycles. The molecule has 0 amide bonds. The molecule has 0 aliphatic rings. The Morgan fingerprint density at radius 2 is 2.00 bits per heavy atom. The Labute approximate surface area is 103 Å². The van der Waals surface area contributed by atoms with Crippen molar-refractivity contribution in [3.8, 4) is 0 Å². The lowest BCUT2D eigenvalue weighted by Gasteiger charge is -2.04. The van der Waals surface area contributed by atoms with E-state index in [4.69, 9.17) is 28.3 Å². The largest absolute Gasteiger partial charge is 0.480 e. The summed E-state index contributed by atoms with van der Waals surface area (Å²) < 4.78 is 0. The molecular weight excluding hydrogens is 255 g/mol. The summed E-state index contributed by atoms with van der Waals surface area (Å²) in [6.45, 7) is 0. The minimum Gasteiger partial charge on any atom is -0.480 e. The summed E-state index contributed by atoms with van der Waals surface area (Å²) in [5, 5.41) is 8.43. The van der Waals surface area contributed by atoms with Crippen LogP contribution in [0, 0.1) is 0 Å². The normalized spacial score (nSPS) is 12.4. The van der Waals surface area contributed by atoms with E-state index in [2.05, 4.69) is 0 Å². The van der Waals surface area contributed by atoms with Gasteiger partial charge in [0.1, 0.15) is 5.38 Å². The van der Waals surface area contributed by atoms with Crippen LogP contribution in [0.1, 0.15) is 5.56 Å². The Morgan fingerprint density at radius 3 is 2.53 bits per heavy atom. The molecule has 1 aromatic rings. The van der Waals surface area contributed by atoms with Crippen molar-refractivity contribution in [3.05, 3.63) is 34.9 Å². The predicted molar refractivity (Wildman–Crippen MR) is 64.9 cm³/mol. The molecule has 0 fully saturated rings. The van der Waals surface area contributed by atoms with Gasteiger partial charge in [0.05, 0.1) is 0 Å². The average molecular weight is 265 g/mol. The number of thioether (sulfide) groups is 1. The molecule has 0 radical (unpaired) electrons. The van der Waals surface area contributed by atoms with Crippen molar-refractivity contribution < 1.29 is 9.90 Å². The van der Waals surface area contributed by atoms with Crippen molar-refractivity contribution in [3.63, 3.8) is 0 Å². The van der Waals surface area contributed by atoms with Crippen molar-refractivity contribution in [1.29, 1.82) is 0 Å². The second kappa shape index (κ2) is 6.26. The standard InChI is InChI=1S/C10H10Cl2O2S/c11-8-3-1-7(2-4-8)5-15-6-9(12)10(13)14/h1-4,9H,5-6H2,(H,13,14). The second-order valence-electron chi connectivity index (χ2n) is 2.95. The first-order chi connectivity index (χ1) is 7.09. The van der Waals surface area contributed by atoms with Gasteiger partial charge in [-0.25, -0.2) is 0 Å². The number of carboxylic acids is 1. The second-order valence-corrected chi connectivity index (χ2v) is 4.94. The number of alkyl halides is 1. The van der Waals surface area contributed by atoms with Gasteiger partial charge in [-0.1, -0.05) is 23.7 Å². The number of halogens is 2. The van der Waals surface area contributed by atoms with E-state index < -0.39 is 11.3 Å². The van der Waals surface area contributed by atoms with Crippen LogP contribution in [0.5, 0.6) is 0 Å². The fourth-order valence-corrected chi connectivity index (χ4v) is 2.22. The van der Waals surface area contributed by atoms with Crippen molar-refractivity contribution in [2.45, 2.75) is 11.1 Å². The molecule has 0 aliphatic heterocycles. The van der Waals surface area contributed by atoms with E-state index in [1.807, 2.05) is 24.3 Å². The third-order valence-electron chi connectivity index (χ3n) is 1.71. The van der Waals surface area contributed by atoms with Gasteiger partial charge in [0, 0.05) is 16.5 Å². The van der Waals surface area contributed by atoms with Crippen LogP contribution < -0.4 is 0 Å². The van der Waals surface area contributed by atoms with Crippen LogP contribution in [0.3, 0.4) is 0 Å². The molecule has 15 heavy (non-hydrogen) atoms. The molecule has 82 valence electrons. The first kappa shape index (κ1) is 12.7. The monoisotopic (exact) mass is 264 g/mol. The molecule has 1 atom stereocenters. The molecule has 1 N–H and O–H groups in total. The SMILES string of the molecule is O=C(O)C(Cl)CSCc1ccc(Cl)cc1. The fraction of sp³-hybridized carbons (Fsp3) is 0.300. The van der Waals surface area contributed by atoms with Crippen LogP contribution >= 0.6 is 35.0 Å². The summed E-state index contributed by atoms with van der Waals surface area (Å²) in [4.78, 5) is 10.4. The van der Waals surface area contributed by atoms with E-state index in [-0.39, 0.29) is 0 Å². The third-order valence-corrected chi connectivity index (χ3v) is 3.60. The van der Waals surface area contributed by atoms with Gasteiger partial charge in [0.25, 0.3) is 0 Å². The molecule has 1 rings (SSSR count). The van der Waals surface area contributed by atoms with Gasteiger partial charge in [-0.3, -0.25) is 4.79 Å². The minimum absolute atomic E-state index is 0.402. The maximum Gasteiger partial charge on any atom is 0.322 e. The van der Waals surface area contributed by atoms with Crippen LogP contribution in [-0.4, -0.2) is 22.2 Å². The molecule has 0 spiro atoms. The quantitative estimate of drug-likeness (QED) is 0.830. The average Bonchev–Trinajstić information content (AvgIpc) is 2.20. The van der Waals surface area contributed by atoms with Crippen LogP contribution in [0.2, 0.25) is 5.02 Å². The molecule has 1 aromatic carbocycles. The van der Waals surface area contributed by atoms with Crippen LogP contribution in [0.25, 0.3) is 0 Å². The van der Waals surface area contributed by atoms with Crippen molar-refractivity contribution >= 4 is 40.9 Å². The Balaban J connectivity index is 2.32. The third kappa shape index (κ3) is 4.78. The summed E-state index contributed by atoms with van der Waals surface area (Å²) in [6.07, 6.45) is 0. The van der Waals surface area contributed by atoms with Gasteiger partial charge in [0.15, 0.2) is 0 Å². The molecule has 0 aliphatic carbocycles.